The molecule has 1 aliphatic carbocycles. The van der Waals surface area contributed by atoms with Crippen LogP contribution in [0, 0.1) is 19.8 Å². The maximum absolute atomic E-state index is 13.1. The number of rotatable bonds is 7. The van der Waals surface area contributed by atoms with Gasteiger partial charge >= 0.3 is 0 Å². The van der Waals surface area contributed by atoms with Gasteiger partial charge in [0.1, 0.15) is 11.9 Å². The van der Waals surface area contributed by atoms with E-state index in [2.05, 4.69) is 25.5 Å². The summed E-state index contributed by atoms with van der Waals surface area (Å²) in [5.41, 5.74) is 3.44. The molecule has 3 heterocycles. The molecular formula is C23H27N5O4S. The van der Waals surface area contributed by atoms with Crippen molar-refractivity contribution in [3.05, 3.63) is 41.5 Å². The van der Waals surface area contributed by atoms with Crippen molar-refractivity contribution in [2.75, 3.05) is 19.0 Å². The zero-order valence-corrected chi connectivity index (χ0v) is 19.7. The van der Waals surface area contributed by atoms with Gasteiger partial charge in [0.2, 0.25) is 5.13 Å². The average Bonchev–Trinajstić information content (AvgIpc) is 3.25. The van der Waals surface area contributed by atoms with Crippen molar-refractivity contribution in [2.45, 2.75) is 45.6 Å². The molecule has 33 heavy (non-hydrogen) atoms. The number of aromatic nitrogens is 4. The summed E-state index contributed by atoms with van der Waals surface area (Å²) in [5, 5.41) is 21.0. The van der Waals surface area contributed by atoms with Gasteiger partial charge in [-0.2, -0.15) is 0 Å². The van der Waals surface area contributed by atoms with Crippen LogP contribution in [0.15, 0.2) is 24.5 Å². The fourth-order valence-electron chi connectivity index (χ4n) is 3.93. The van der Waals surface area contributed by atoms with Gasteiger partial charge in [-0.05, 0) is 68.9 Å². The van der Waals surface area contributed by atoms with Crippen LogP contribution in [0.1, 0.15) is 47.4 Å². The number of anilines is 1. The Labute approximate surface area is 196 Å². The lowest BCUT2D eigenvalue weighted by Crippen LogP contribution is -2.25. The molecule has 0 spiro atoms. The van der Waals surface area contributed by atoms with Crippen LogP contribution >= 0.6 is 11.3 Å². The highest BCUT2D eigenvalue weighted by atomic mass is 32.1. The number of carbonyl (C=O) groups excluding carboxylic acids is 1. The number of aliphatic hydroxyl groups excluding tert-OH is 1. The lowest BCUT2D eigenvalue weighted by atomic mass is 9.88. The molecule has 4 rings (SSSR count). The van der Waals surface area contributed by atoms with Crippen molar-refractivity contribution in [1.29, 1.82) is 0 Å². The van der Waals surface area contributed by atoms with Crippen LogP contribution in [0.25, 0.3) is 11.1 Å². The van der Waals surface area contributed by atoms with E-state index in [0.29, 0.717) is 33.1 Å². The van der Waals surface area contributed by atoms with E-state index in [1.54, 1.807) is 19.5 Å². The van der Waals surface area contributed by atoms with Gasteiger partial charge in [0.05, 0.1) is 18.9 Å². The second kappa shape index (κ2) is 10.2. The highest BCUT2D eigenvalue weighted by molar-refractivity contribution is 7.17. The molecule has 3 aromatic rings. The Morgan fingerprint density at radius 1 is 1.09 bits per heavy atom. The Bertz CT molecular complexity index is 1130. The van der Waals surface area contributed by atoms with Gasteiger partial charge in [0, 0.05) is 35.3 Å². The van der Waals surface area contributed by atoms with E-state index >= 15 is 0 Å². The summed E-state index contributed by atoms with van der Waals surface area (Å²) in [6, 6.07) is 3.73. The molecule has 174 valence electrons. The van der Waals surface area contributed by atoms with E-state index in [1.165, 1.54) is 11.3 Å². The van der Waals surface area contributed by atoms with Gasteiger partial charge in [0.25, 0.3) is 11.1 Å². The number of hydrogen-bond donors (Lipinski definition) is 2. The van der Waals surface area contributed by atoms with E-state index < -0.39 is 0 Å². The van der Waals surface area contributed by atoms with Crippen molar-refractivity contribution < 1.29 is 19.4 Å². The molecule has 1 fully saturated rings. The van der Waals surface area contributed by atoms with Gasteiger partial charge in [-0.15, -0.1) is 5.10 Å². The highest BCUT2D eigenvalue weighted by Gasteiger charge is 2.24. The molecular weight excluding hydrogens is 442 g/mol. The Morgan fingerprint density at radius 2 is 1.79 bits per heavy atom. The van der Waals surface area contributed by atoms with Crippen LogP contribution in [0.4, 0.5) is 5.13 Å². The van der Waals surface area contributed by atoms with E-state index in [1.807, 2.05) is 26.0 Å². The maximum Gasteiger partial charge on any atom is 0.296 e. The smallest absolute Gasteiger partial charge is 0.296 e. The van der Waals surface area contributed by atoms with Gasteiger partial charge in [-0.25, -0.2) is 0 Å². The van der Waals surface area contributed by atoms with Crippen molar-refractivity contribution in [3.63, 3.8) is 0 Å². The minimum absolute atomic E-state index is 0.0552. The first-order valence-electron chi connectivity index (χ1n) is 10.9. The Hall–Kier alpha value is -3.11. The molecule has 1 aliphatic rings. The van der Waals surface area contributed by atoms with Crippen molar-refractivity contribution in [1.82, 2.24) is 20.2 Å². The van der Waals surface area contributed by atoms with E-state index in [4.69, 9.17) is 9.47 Å². The van der Waals surface area contributed by atoms with Crippen LogP contribution in [-0.4, -0.2) is 51.0 Å². The molecule has 0 aliphatic heterocycles. The third-order valence-electron chi connectivity index (χ3n) is 5.75. The Morgan fingerprint density at radius 3 is 2.48 bits per heavy atom. The topological polar surface area (TPSA) is 119 Å². The van der Waals surface area contributed by atoms with Crippen LogP contribution < -0.4 is 14.8 Å². The summed E-state index contributed by atoms with van der Waals surface area (Å²) in [5.74, 6) is 0.581. The summed E-state index contributed by atoms with van der Waals surface area (Å²) in [6.07, 6.45) is 6.86. The highest BCUT2D eigenvalue weighted by Crippen LogP contribution is 2.34. The molecule has 9 nitrogen and oxygen atoms in total. The number of pyridine rings is 2. The largest absolute Gasteiger partial charge is 0.494 e. The van der Waals surface area contributed by atoms with Gasteiger partial charge in [0.15, 0.2) is 0 Å². The second-order valence-electron chi connectivity index (χ2n) is 8.17. The molecule has 0 unspecified atom stereocenters. The predicted octanol–water partition coefficient (Wildman–Crippen LogP) is 3.80. The molecule has 0 bridgehead atoms. The number of aliphatic hydroxyl groups is 1. The summed E-state index contributed by atoms with van der Waals surface area (Å²) < 4.78 is 11.4. The molecule has 3 aromatic heterocycles. The second-order valence-corrected chi connectivity index (χ2v) is 9.11. The van der Waals surface area contributed by atoms with E-state index in [0.717, 1.165) is 42.6 Å². The molecule has 2 N–H and O–H groups in total. The summed E-state index contributed by atoms with van der Waals surface area (Å²) in [7, 11) is 1.57. The van der Waals surface area contributed by atoms with Gasteiger partial charge in [-0.1, -0.05) is 5.10 Å². The van der Waals surface area contributed by atoms with Crippen molar-refractivity contribution >= 4 is 22.4 Å². The molecule has 1 saturated carbocycles. The van der Waals surface area contributed by atoms with Crippen molar-refractivity contribution in [2.24, 2.45) is 5.92 Å². The van der Waals surface area contributed by atoms with Crippen molar-refractivity contribution in [3.8, 4) is 22.1 Å². The minimum Gasteiger partial charge on any atom is -0.494 e. The fourth-order valence-corrected chi connectivity index (χ4v) is 4.59. The van der Waals surface area contributed by atoms with Gasteiger partial charge in [-0.3, -0.25) is 20.1 Å². The zero-order valence-electron chi connectivity index (χ0n) is 18.9. The first kappa shape index (κ1) is 23.1. The van der Waals surface area contributed by atoms with Crippen LogP contribution in [-0.2, 0) is 0 Å². The number of ether oxygens (including phenoxy) is 2. The number of methoxy groups -OCH3 is 1. The van der Waals surface area contributed by atoms with Gasteiger partial charge < -0.3 is 14.6 Å². The van der Waals surface area contributed by atoms with E-state index in [-0.39, 0.29) is 18.6 Å². The fraction of sp³-hybridized carbons (Fsp3) is 0.435. The molecule has 0 radical (unpaired) electrons. The maximum atomic E-state index is 13.1. The summed E-state index contributed by atoms with van der Waals surface area (Å²) >= 11 is 1.19. The average molecular weight is 470 g/mol. The molecule has 1 amide bonds. The number of hydrogen-bond acceptors (Lipinski definition) is 9. The molecule has 0 aromatic carbocycles. The SMILES string of the molecule is COc1cnc(C)cc1-c1cc(C)ncc1C(=O)Nc1nnc(OC2CCC(CO)CC2)s1. The molecule has 0 saturated heterocycles. The first-order valence-corrected chi connectivity index (χ1v) is 11.7. The van der Waals surface area contributed by atoms with Crippen LogP contribution in [0.2, 0.25) is 0 Å². The monoisotopic (exact) mass is 469 g/mol. The minimum atomic E-state index is -0.347. The zero-order chi connectivity index (χ0) is 23.4. The van der Waals surface area contributed by atoms with Crippen LogP contribution in [0.3, 0.4) is 0 Å². The number of carbonyl (C=O) groups is 1. The molecule has 10 heteroatoms. The first-order chi connectivity index (χ1) is 16.0. The number of amides is 1. The lowest BCUT2D eigenvalue weighted by molar-refractivity contribution is 0.102. The number of aryl methyl sites for hydroxylation is 2. The van der Waals surface area contributed by atoms with E-state index in [9.17, 15) is 9.90 Å². The summed E-state index contributed by atoms with van der Waals surface area (Å²) in [6.45, 7) is 3.98. The molecule has 0 atom stereocenters. The number of nitrogens with zero attached hydrogens (tertiary/aromatic N) is 4. The third kappa shape index (κ3) is 5.45. The normalized spacial score (nSPS) is 18.1. The Kier molecular flexibility index (Phi) is 7.14. The Balaban J connectivity index is 1.51. The predicted molar refractivity (Wildman–Crippen MR) is 125 cm³/mol. The van der Waals surface area contributed by atoms with Crippen LogP contribution in [0.5, 0.6) is 10.9 Å². The lowest BCUT2D eigenvalue weighted by Gasteiger charge is -2.26. The quantitative estimate of drug-likeness (QED) is 0.536. The number of nitrogens with one attached hydrogen (secondary N) is 1. The standard InChI is InChI=1S/C23H27N5O4S/c1-13-8-17(18-9-14(2)25-11-20(18)31-3)19(10-24-13)21(30)26-22-27-28-23(33-22)32-16-6-4-15(12-29)5-7-16/h8-11,15-16,29H,4-7,12H2,1-3H3,(H,26,27,30). The third-order valence-corrected chi connectivity index (χ3v) is 6.48. The summed E-state index contributed by atoms with van der Waals surface area (Å²) in [4.78, 5) is 21.7.